The van der Waals surface area contributed by atoms with Crippen LogP contribution in [0.5, 0.6) is 5.75 Å². The lowest BCUT2D eigenvalue weighted by Crippen LogP contribution is -2.30. The van der Waals surface area contributed by atoms with Gasteiger partial charge in [0.05, 0.1) is 18.1 Å². The summed E-state index contributed by atoms with van der Waals surface area (Å²) in [5, 5.41) is 2.93. The van der Waals surface area contributed by atoms with Crippen molar-refractivity contribution >= 4 is 16.9 Å². The number of hydrogen-bond acceptors (Lipinski definition) is 4. The van der Waals surface area contributed by atoms with E-state index >= 15 is 0 Å². The molecule has 0 radical (unpaired) electrons. The molecule has 0 spiro atoms. The van der Waals surface area contributed by atoms with Crippen molar-refractivity contribution in [3.63, 3.8) is 0 Å². The number of fused-ring (bicyclic) bond motifs is 1. The molecular formula is C23H27N3O3. The first-order valence-electron chi connectivity index (χ1n) is 9.77. The Morgan fingerprint density at radius 3 is 2.66 bits per heavy atom. The van der Waals surface area contributed by atoms with Crippen LogP contribution in [-0.2, 0) is 17.8 Å². The lowest BCUT2D eigenvalue weighted by molar-refractivity contribution is -0.121. The first-order chi connectivity index (χ1) is 13.9. The van der Waals surface area contributed by atoms with Crippen molar-refractivity contribution in [3.05, 3.63) is 69.1 Å². The molecule has 1 N–H and O–H groups in total. The van der Waals surface area contributed by atoms with Gasteiger partial charge in [0.25, 0.3) is 5.56 Å². The molecule has 1 heterocycles. The van der Waals surface area contributed by atoms with Gasteiger partial charge >= 0.3 is 0 Å². The number of aryl methyl sites for hydroxylation is 4. The Labute approximate surface area is 170 Å². The number of nitrogens with zero attached hydrogens (tertiary/aromatic N) is 2. The van der Waals surface area contributed by atoms with Crippen LogP contribution in [0.4, 0.5) is 0 Å². The average Bonchev–Trinajstić information content (AvgIpc) is 2.70. The van der Waals surface area contributed by atoms with Crippen molar-refractivity contribution in [1.82, 2.24) is 14.9 Å². The Morgan fingerprint density at radius 2 is 1.90 bits per heavy atom. The lowest BCUT2D eigenvalue weighted by atomic mass is 10.1. The van der Waals surface area contributed by atoms with Crippen LogP contribution in [0.25, 0.3) is 11.0 Å². The quantitative estimate of drug-likeness (QED) is 0.670. The smallest absolute Gasteiger partial charge is 0.272 e. The molecule has 6 heteroatoms. The van der Waals surface area contributed by atoms with Crippen molar-refractivity contribution in [2.45, 2.75) is 40.2 Å². The fourth-order valence-corrected chi connectivity index (χ4v) is 3.32. The number of carbonyl (C=O) groups excluding carboxylic acids is 1. The van der Waals surface area contributed by atoms with Gasteiger partial charge in [-0.2, -0.15) is 0 Å². The van der Waals surface area contributed by atoms with Crippen LogP contribution in [0.1, 0.15) is 28.8 Å². The molecule has 0 unspecified atom stereocenters. The summed E-state index contributed by atoms with van der Waals surface area (Å²) in [4.78, 5) is 29.3. The highest BCUT2D eigenvalue weighted by molar-refractivity contribution is 5.78. The van der Waals surface area contributed by atoms with Gasteiger partial charge in [0.2, 0.25) is 5.91 Å². The summed E-state index contributed by atoms with van der Waals surface area (Å²) in [6.45, 7) is 6.61. The van der Waals surface area contributed by atoms with E-state index in [2.05, 4.69) is 10.3 Å². The zero-order chi connectivity index (χ0) is 21.0. The normalized spacial score (nSPS) is 10.9. The SMILES string of the molecule is COc1cccc(CCNC(=O)CCn2c(=O)c(C)nc3cc(C)c(C)cc32)c1. The fraction of sp³-hybridized carbons (Fsp3) is 0.348. The van der Waals surface area contributed by atoms with E-state index in [4.69, 9.17) is 4.74 Å². The monoisotopic (exact) mass is 393 g/mol. The summed E-state index contributed by atoms with van der Waals surface area (Å²) >= 11 is 0. The van der Waals surface area contributed by atoms with Crippen LogP contribution in [0.3, 0.4) is 0 Å². The van der Waals surface area contributed by atoms with Crippen LogP contribution < -0.4 is 15.6 Å². The van der Waals surface area contributed by atoms with E-state index in [1.54, 1.807) is 18.6 Å². The summed E-state index contributed by atoms with van der Waals surface area (Å²) < 4.78 is 6.88. The highest BCUT2D eigenvalue weighted by Gasteiger charge is 2.11. The first-order valence-corrected chi connectivity index (χ1v) is 9.77. The van der Waals surface area contributed by atoms with Gasteiger partial charge < -0.3 is 14.6 Å². The van der Waals surface area contributed by atoms with Crippen LogP contribution in [-0.4, -0.2) is 29.1 Å². The Hall–Kier alpha value is -3.15. The minimum Gasteiger partial charge on any atom is -0.497 e. The fourth-order valence-electron chi connectivity index (χ4n) is 3.32. The number of amides is 1. The van der Waals surface area contributed by atoms with Crippen molar-refractivity contribution in [2.75, 3.05) is 13.7 Å². The van der Waals surface area contributed by atoms with E-state index in [0.29, 0.717) is 18.8 Å². The summed E-state index contributed by atoms with van der Waals surface area (Å²) in [7, 11) is 1.64. The largest absolute Gasteiger partial charge is 0.497 e. The zero-order valence-corrected chi connectivity index (χ0v) is 17.4. The third-order valence-corrected chi connectivity index (χ3v) is 5.16. The molecule has 0 fully saturated rings. The second-order valence-corrected chi connectivity index (χ2v) is 7.28. The van der Waals surface area contributed by atoms with E-state index in [1.807, 2.05) is 50.2 Å². The third kappa shape index (κ3) is 4.83. The van der Waals surface area contributed by atoms with Crippen LogP contribution in [0.15, 0.2) is 41.2 Å². The summed E-state index contributed by atoms with van der Waals surface area (Å²) in [5.74, 6) is 0.727. The molecule has 2 aromatic carbocycles. The molecule has 0 bridgehead atoms. The van der Waals surface area contributed by atoms with E-state index in [9.17, 15) is 9.59 Å². The predicted octanol–water partition coefficient (Wildman–Crippen LogP) is 3.08. The Balaban J connectivity index is 1.65. The molecule has 0 saturated carbocycles. The van der Waals surface area contributed by atoms with Gasteiger partial charge in [0, 0.05) is 19.5 Å². The highest BCUT2D eigenvalue weighted by Crippen LogP contribution is 2.17. The summed E-state index contributed by atoms with van der Waals surface area (Å²) in [6, 6.07) is 11.8. The average molecular weight is 393 g/mol. The highest BCUT2D eigenvalue weighted by atomic mass is 16.5. The number of aromatic nitrogens is 2. The van der Waals surface area contributed by atoms with E-state index in [1.165, 1.54) is 0 Å². The first kappa shape index (κ1) is 20.6. The molecule has 1 amide bonds. The number of ether oxygens (including phenoxy) is 1. The van der Waals surface area contributed by atoms with Crippen molar-refractivity contribution < 1.29 is 9.53 Å². The molecule has 29 heavy (non-hydrogen) atoms. The van der Waals surface area contributed by atoms with Gasteiger partial charge in [-0.15, -0.1) is 0 Å². The van der Waals surface area contributed by atoms with Crippen LogP contribution >= 0.6 is 0 Å². The number of hydrogen-bond donors (Lipinski definition) is 1. The standard InChI is InChI=1S/C23H27N3O3/c1-15-12-20-21(13-16(15)2)26(23(28)17(3)25-20)11-9-22(27)24-10-8-18-6-5-7-19(14-18)29-4/h5-7,12-14H,8-11H2,1-4H3,(H,24,27). The molecule has 0 aliphatic carbocycles. The Kier molecular flexibility index (Phi) is 6.32. The minimum absolute atomic E-state index is 0.0776. The minimum atomic E-state index is -0.148. The Bertz CT molecular complexity index is 1100. The number of methoxy groups -OCH3 is 1. The Morgan fingerprint density at radius 1 is 1.14 bits per heavy atom. The second-order valence-electron chi connectivity index (χ2n) is 7.28. The predicted molar refractivity (Wildman–Crippen MR) is 115 cm³/mol. The molecule has 0 aliphatic rings. The van der Waals surface area contributed by atoms with Crippen LogP contribution in [0.2, 0.25) is 0 Å². The molecule has 6 nitrogen and oxygen atoms in total. The molecular weight excluding hydrogens is 366 g/mol. The van der Waals surface area contributed by atoms with Crippen molar-refractivity contribution in [2.24, 2.45) is 0 Å². The maximum absolute atomic E-state index is 12.6. The molecule has 152 valence electrons. The molecule has 3 aromatic rings. The number of benzene rings is 2. The zero-order valence-electron chi connectivity index (χ0n) is 17.4. The van der Waals surface area contributed by atoms with E-state index in [0.717, 1.165) is 39.9 Å². The maximum atomic E-state index is 12.6. The summed E-state index contributed by atoms with van der Waals surface area (Å²) in [6.07, 6.45) is 0.960. The topological polar surface area (TPSA) is 73.2 Å². The van der Waals surface area contributed by atoms with Gasteiger partial charge in [-0.05, 0) is 68.1 Å². The van der Waals surface area contributed by atoms with Gasteiger partial charge in [-0.1, -0.05) is 12.1 Å². The lowest BCUT2D eigenvalue weighted by Gasteiger charge is -2.13. The number of carbonyl (C=O) groups is 1. The van der Waals surface area contributed by atoms with Gasteiger partial charge in [-0.3, -0.25) is 9.59 Å². The second kappa shape index (κ2) is 8.90. The van der Waals surface area contributed by atoms with E-state index in [-0.39, 0.29) is 17.9 Å². The van der Waals surface area contributed by atoms with Gasteiger partial charge in [0.1, 0.15) is 11.4 Å². The number of rotatable bonds is 7. The molecule has 0 saturated heterocycles. The molecule has 0 aliphatic heterocycles. The van der Waals surface area contributed by atoms with Gasteiger partial charge in [-0.25, -0.2) is 4.98 Å². The molecule has 3 rings (SSSR count). The number of nitrogens with one attached hydrogen (secondary N) is 1. The summed E-state index contributed by atoms with van der Waals surface area (Å²) in [5.41, 5.74) is 5.17. The van der Waals surface area contributed by atoms with E-state index < -0.39 is 0 Å². The third-order valence-electron chi connectivity index (χ3n) is 5.16. The maximum Gasteiger partial charge on any atom is 0.272 e. The van der Waals surface area contributed by atoms with Gasteiger partial charge in [0.15, 0.2) is 0 Å². The van der Waals surface area contributed by atoms with Crippen molar-refractivity contribution in [1.29, 1.82) is 0 Å². The molecule has 0 atom stereocenters. The molecule has 1 aromatic heterocycles. The van der Waals surface area contributed by atoms with Crippen LogP contribution in [0, 0.1) is 20.8 Å². The van der Waals surface area contributed by atoms with Crippen molar-refractivity contribution in [3.8, 4) is 5.75 Å².